The maximum atomic E-state index is 10.7. The topological polar surface area (TPSA) is 69.6 Å². The number of aliphatic carboxylic acids is 1. The molecule has 1 aromatic carbocycles. The normalized spacial score (nSPS) is 25.5. The number of hydrogen-bond acceptors (Lipinski definition) is 3. The Balaban J connectivity index is 2.33. The summed E-state index contributed by atoms with van der Waals surface area (Å²) >= 11 is 0. The number of fused-ring (bicyclic) bond motifs is 1. The summed E-state index contributed by atoms with van der Waals surface area (Å²) in [6, 6.07) is 6.61. The van der Waals surface area contributed by atoms with Crippen LogP contribution in [0.4, 0.5) is 0 Å². The minimum atomic E-state index is -0.932. The molecule has 4 heteroatoms. The SMILES string of the molecule is O=C(O)C1Cc2ccccc2C(O)N1. The van der Waals surface area contributed by atoms with Crippen molar-refractivity contribution in [3.63, 3.8) is 0 Å². The summed E-state index contributed by atoms with van der Waals surface area (Å²) in [5.74, 6) is -0.932. The third-order valence-electron chi connectivity index (χ3n) is 2.43. The molecule has 1 aliphatic heterocycles. The van der Waals surface area contributed by atoms with Gasteiger partial charge >= 0.3 is 5.97 Å². The summed E-state index contributed by atoms with van der Waals surface area (Å²) in [6.45, 7) is 0. The van der Waals surface area contributed by atoms with Gasteiger partial charge in [-0.25, -0.2) is 0 Å². The van der Waals surface area contributed by atoms with E-state index >= 15 is 0 Å². The Morgan fingerprint density at radius 2 is 2.14 bits per heavy atom. The molecule has 2 unspecified atom stereocenters. The van der Waals surface area contributed by atoms with Crippen LogP contribution in [0.3, 0.4) is 0 Å². The Kier molecular flexibility index (Phi) is 2.23. The first-order valence-electron chi connectivity index (χ1n) is 4.43. The molecule has 0 aliphatic carbocycles. The van der Waals surface area contributed by atoms with E-state index in [0.717, 1.165) is 11.1 Å². The van der Waals surface area contributed by atoms with E-state index in [-0.39, 0.29) is 0 Å². The highest BCUT2D eigenvalue weighted by atomic mass is 16.4. The maximum absolute atomic E-state index is 10.7. The predicted molar refractivity (Wildman–Crippen MR) is 49.7 cm³/mol. The van der Waals surface area contributed by atoms with Crippen molar-refractivity contribution in [1.29, 1.82) is 0 Å². The Morgan fingerprint density at radius 3 is 2.86 bits per heavy atom. The maximum Gasteiger partial charge on any atom is 0.321 e. The number of nitrogens with one attached hydrogen (secondary N) is 1. The Morgan fingerprint density at radius 1 is 1.43 bits per heavy atom. The lowest BCUT2D eigenvalue weighted by atomic mass is 9.95. The molecule has 0 radical (unpaired) electrons. The van der Waals surface area contributed by atoms with E-state index < -0.39 is 18.2 Å². The summed E-state index contributed by atoms with van der Waals surface area (Å²) < 4.78 is 0. The Labute approximate surface area is 81.2 Å². The fourth-order valence-electron chi connectivity index (χ4n) is 1.70. The molecule has 0 fully saturated rings. The molecule has 0 saturated heterocycles. The van der Waals surface area contributed by atoms with Crippen LogP contribution in [0.25, 0.3) is 0 Å². The molecule has 0 spiro atoms. The standard InChI is InChI=1S/C10H11NO3/c12-9-7-4-2-1-3-6(7)5-8(11-9)10(13)14/h1-4,8-9,11-12H,5H2,(H,13,14). The highest BCUT2D eigenvalue weighted by molar-refractivity contribution is 5.74. The first-order chi connectivity index (χ1) is 6.68. The molecular weight excluding hydrogens is 182 g/mol. The molecule has 0 amide bonds. The number of hydrogen-bond donors (Lipinski definition) is 3. The molecule has 2 rings (SSSR count). The second-order valence-electron chi connectivity index (χ2n) is 3.36. The zero-order valence-corrected chi connectivity index (χ0v) is 7.47. The van der Waals surface area contributed by atoms with Crippen molar-refractivity contribution in [2.45, 2.75) is 18.7 Å². The first-order valence-corrected chi connectivity index (χ1v) is 4.43. The van der Waals surface area contributed by atoms with Crippen LogP contribution in [0.2, 0.25) is 0 Å². The summed E-state index contributed by atoms with van der Waals surface area (Å²) in [4.78, 5) is 10.7. The number of rotatable bonds is 1. The van der Waals surface area contributed by atoms with Gasteiger partial charge in [-0.3, -0.25) is 10.1 Å². The zero-order valence-electron chi connectivity index (χ0n) is 7.47. The highest BCUT2D eigenvalue weighted by Crippen LogP contribution is 2.22. The average molecular weight is 193 g/mol. The Bertz CT molecular complexity index is 364. The van der Waals surface area contributed by atoms with Crippen LogP contribution in [-0.2, 0) is 11.2 Å². The Hall–Kier alpha value is -1.39. The smallest absolute Gasteiger partial charge is 0.321 e. The average Bonchev–Trinajstić information content (AvgIpc) is 2.17. The van der Waals surface area contributed by atoms with Crippen LogP contribution in [0.1, 0.15) is 17.4 Å². The van der Waals surface area contributed by atoms with E-state index in [4.69, 9.17) is 5.11 Å². The van der Waals surface area contributed by atoms with Gasteiger partial charge in [-0.15, -0.1) is 0 Å². The van der Waals surface area contributed by atoms with Crippen LogP contribution in [0, 0.1) is 0 Å². The number of carboxylic acid groups (broad SMARTS) is 1. The van der Waals surface area contributed by atoms with E-state index in [9.17, 15) is 9.90 Å². The fourth-order valence-corrected chi connectivity index (χ4v) is 1.70. The van der Waals surface area contributed by atoms with Crippen LogP contribution < -0.4 is 5.32 Å². The van der Waals surface area contributed by atoms with E-state index in [0.29, 0.717) is 6.42 Å². The van der Waals surface area contributed by atoms with Crippen molar-refractivity contribution in [1.82, 2.24) is 5.32 Å². The lowest BCUT2D eigenvalue weighted by Gasteiger charge is -2.27. The van der Waals surface area contributed by atoms with Gasteiger partial charge in [0.15, 0.2) is 0 Å². The van der Waals surface area contributed by atoms with Gasteiger partial charge in [0.1, 0.15) is 12.3 Å². The van der Waals surface area contributed by atoms with Crippen molar-refractivity contribution in [3.05, 3.63) is 35.4 Å². The van der Waals surface area contributed by atoms with Crippen LogP contribution in [0.5, 0.6) is 0 Å². The quantitative estimate of drug-likeness (QED) is 0.599. The van der Waals surface area contributed by atoms with E-state index in [1.54, 1.807) is 6.07 Å². The van der Waals surface area contributed by atoms with E-state index in [2.05, 4.69) is 5.32 Å². The molecule has 0 saturated carbocycles. The molecular formula is C10H11NO3. The summed E-state index contributed by atoms with van der Waals surface area (Å²) in [6.07, 6.45) is -0.455. The minimum Gasteiger partial charge on any atom is -0.480 e. The molecule has 2 atom stereocenters. The molecule has 1 aliphatic rings. The van der Waals surface area contributed by atoms with Gasteiger partial charge in [0, 0.05) is 0 Å². The number of aliphatic hydroxyl groups is 1. The second kappa shape index (κ2) is 3.40. The second-order valence-corrected chi connectivity index (χ2v) is 3.36. The van der Waals surface area contributed by atoms with Gasteiger partial charge in [-0.1, -0.05) is 24.3 Å². The van der Waals surface area contributed by atoms with Gasteiger partial charge in [0.25, 0.3) is 0 Å². The first kappa shape index (κ1) is 9.18. The number of carboxylic acids is 1. The van der Waals surface area contributed by atoms with Crippen molar-refractivity contribution in [3.8, 4) is 0 Å². The van der Waals surface area contributed by atoms with Gasteiger partial charge in [-0.2, -0.15) is 0 Å². The lowest BCUT2D eigenvalue weighted by Crippen LogP contribution is -2.44. The van der Waals surface area contributed by atoms with Gasteiger partial charge in [-0.05, 0) is 17.5 Å². The van der Waals surface area contributed by atoms with Crippen molar-refractivity contribution in [2.24, 2.45) is 0 Å². The number of aliphatic hydroxyl groups excluding tert-OH is 1. The van der Waals surface area contributed by atoms with Crippen molar-refractivity contribution < 1.29 is 15.0 Å². The molecule has 1 heterocycles. The summed E-state index contributed by atoms with van der Waals surface area (Å²) in [7, 11) is 0. The summed E-state index contributed by atoms with van der Waals surface area (Å²) in [5.41, 5.74) is 1.66. The van der Waals surface area contributed by atoms with E-state index in [1.807, 2.05) is 18.2 Å². The van der Waals surface area contributed by atoms with Crippen molar-refractivity contribution in [2.75, 3.05) is 0 Å². The predicted octanol–water partition coefficient (Wildman–Crippen LogP) is 0.276. The lowest BCUT2D eigenvalue weighted by molar-refractivity contribution is -0.140. The third kappa shape index (κ3) is 1.49. The van der Waals surface area contributed by atoms with Crippen molar-refractivity contribution >= 4 is 5.97 Å². The monoisotopic (exact) mass is 193 g/mol. The molecule has 0 aromatic heterocycles. The van der Waals surface area contributed by atoms with Crippen LogP contribution >= 0.6 is 0 Å². The van der Waals surface area contributed by atoms with Gasteiger partial charge in [0.2, 0.25) is 0 Å². The molecule has 14 heavy (non-hydrogen) atoms. The molecule has 0 bridgehead atoms. The molecule has 74 valence electrons. The molecule has 1 aromatic rings. The highest BCUT2D eigenvalue weighted by Gasteiger charge is 2.28. The van der Waals surface area contributed by atoms with Gasteiger partial charge < -0.3 is 10.2 Å². The zero-order chi connectivity index (χ0) is 10.1. The van der Waals surface area contributed by atoms with Crippen LogP contribution in [-0.4, -0.2) is 22.2 Å². The third-order valence-corrected chi connectivity index (χ3v) is 2.43. The van der Waals surface area contributed by atoms with Gasteiger partial charge in [0.05, 0.1) is 0 Å². The summed E-state index contributed by atoms with van der Waals surface area (Å²) in [5, 5.41) is 21.0. The molecule has 4 nitrogen and oxygen atoms in total. The molecule has 3 N–H and O–H groups in total. The fraction of sp³-hybridized carbons (Fsp3) is 0.300. The van der Waals surface area contributed by atoms with E-state index in [1.165, 1.54) is 0 Å². The minimum absolute atomic E-state index is 0.419. The largest absolute Gasteiger partial charge is 0.480 e. The number of benzene rings is 1. The van der Waals surface area contributed by atoms with Crippen LogP contribution in [0.15, 0.2) is 24.3 Å². The number of carbonyl (C=O) groups is 1.